The predicted octanol–water partition coefficient (Wildman–Crippen LogP) is 4.13. The Hall–Kier alpha value is -2.40. The molecule has 0 fully saturated rings. The number of ether oxygens (including phenoxy) is 1. The van der Waals surface area contributed by atoms with E-state index in [1.54, 1.807) is 24.3 Å². The average molecular weight is 524 g/mol. The summed E-state index contributed by atoms with van der Waals surface area (Å²) in [5.41, 5.74) is 1.81. The summed E-state index contributed by atoms with van der Waals surface area (Å²) in [7, 11) is -2.25. The fraction of sp³-hybridized carbons (Fsp3) is 0.538. The minimum absolute atomic E-state index is 0.00695. The lowest BCUT2D eigenvalue weighted by Crippen LogP contribution is -2.27. The molecular formula is C26H38FN3O5S. The molecule has 1 aromatic heterocycles. The Morgan fingerprint density at radius 1 is 1.14 bits per heavy atom. The van der Waals surface area contributed by atoms with Gasteiger partial charge in [-0.1, -0.05) is 26.0 Å². The van der Waals surface area contributed by atoms with Crippen LogP contribution in [0.2, 0.25) is 0 Å². The van der Waals surface area contributed by atoms with Gasteiger partial charge in [0, 0.05) is 31.2 Å². The van der Waals surface area contributed by atoms with Crippen molar-refractivity contribution < 1.29 is 27.8 Å². The van der Waals surface area contributed by atoms with Crippen LogP contribution in [0.4, 0.5) is 10.3 Å². The van der Waals surface area contributed by atoms with Crippen LogP contribution in [0.3, 0.4) is 0 Å². The highest BCUT2D eigenvalue weighted by Gasteiger charge is 2.22. The van der Waals surface area contributed by atoms with Crippen LogP contribution in [-0.4, -0.2) is 66.3 Å². The van der Waals surface area contributed by atoms with Gasteiger partial charge in [-0.25, -0.2) is 27.1 Å². The average Bonchev–Trinajstić information content (AvgIpc) is 2.75. The van der Waals surface area contributed by atoms with Gasteiger partial charge in [0.1, 0.15) is 5.82 Å². The summed E-state index contributed by atoms with van der Waals surface area (Å²) in [6.07, 6.45) is 3.07. The fourth-order valence-electron chi connectivity index (χ4n) is 3.38. The lowest BCUT2D eigenvalue weighted by molar-refractivity contribution is -0.0224. The molecule has 0 amide bonds. The summed E-state index contributed by atoms with van der Waals surface area (Å²) >= 11 is 0. The molecule has 2 N–H and O–H groups in total. The van der Waals surface area contributed by atoms with Gasteiger partial charge < -0.3 is 14.9 Å². The number of benzene rings is 1. The zero-order valence-corrected chi connectivity index (χ0v) is 22.9. The molecule has 0 bridgehead atoms. The quantitative estimate of drug-likeness (QED) is 0.455. The van der Waals surface area contributed by atoms with E-state index in [1.807, 2.05) is 34.6 Å². The normalized spacial score (nSPS) is 14.4. The van der Waals surface area contributed by atoms with Gasteiger partial charge in [0.05, 0.1) is 35.5 Å². The van der Waals surface area contributed by atoms with Crippen LogP contribution in [0.1, 0.15) is 64.6 Å². The van der Waals surface area contributed by atoms with Crippen molar-refractivity contribution in [3.05, 3.63) is 47.4 Å². The first-order chi connectivity index (χ1) is 16.6. The van der Waals surface area contributed by atoms with Crippen molar-refractivity contribution in [2.45, 2.75) is 71.2 Å². The summed E-state index contributed by atoms with van der Waals surface area (Å²) < 4.78 is 44.5. The smallest absolute Gasteiger partial charge is 0.239 e. The van der Waals surface area contributed by atoms with Crippen LogP contribution >= 0.6 is 0 Å². The minimum atomic E-state index is -3.62. The van der Waals surface area contributed by atoms with Crippen molar-refractivity contribution in [3.63, 3.8) is 0 Å². The molecule has 1 aromatic carbocycles. The zero-order valence-electron chi connectivity index (χ0n) is 22.1. The van der Waals surface area contributed by atoms with E-state index in [9.17, 15) is 23.0 Å². The Morgan fingerprint density at radius 3 is 2.28 bits per heavy atom. The largest absolute Gasteiger partial charge is 0.393 e. The first kappa shape index (κ1) is 29.8. The van der Waals surface area contributed by atoms with E-state index in [4.69, 9.17) is 4.74 Å². The SMILES string of the molecule is CC(C)c1nc(N(C)S(C)(=O)=O)nc(-c2ccc(F)cc2)c1C=CC(O)CC(O)CCOC(C)(C)C. The van der Waals surface area contributed by atoms with Gasteiger partial charge in [0.2, 0.25) is 16.0 Å². The minimum Gasteiger partial charge on any atom is -0.393 e. The molecule has 0 spiro atoms. The van der Waals surface area contributed by atoms with Gasteiger partial charge >= 0.3 is 0 Å². The van der Waals surface area contributed by atoms with Crippen molar-refractivity contribution in [3.8, 4) is 11.3 Å². The second-order valence-corrected chi connectivity index (χ2v) is 12.1. The van der Waals surface area contributed by atoms with Crippen molar-refractivity contribution in [2.24, 2.45) is 0 Å². The van der Waals surface area contributed by atoms with E-state index in [0.717, 1.165) is 10.6 Å². The first-order valence-corrected chi connectivity index (χ1v) is 13.7. The van der Waals surface area contributed by atoms with Gasteiger partial charge in [-0.3, -0.25) is 0 Å². The second kappa shape index (κ2) is 12.2. The molecule has 1 heterocycles. The number of nitrogens with zero attached hydrogens (tertiary/aromatic N) is 3. The molecule has 10 heteroatoms. The number of hydrogen-bond donors (Lipinski definition) is 2. The molecule has 0 aliphatic heterocycles. The maximum atomic E-state index is 13.6. The lowest BCUT2D eigenvalue weighted by atomic mass is 9.97. The number of hydrogen-bond acceptors (Lipinski definition) is 7. The zero-order chi connectivity index (χ0) is 27.3. The second-order valence-electron chi connectivity index (χ2n) is 10.1. The molecule has 8 nitrogen and oxygen atoms in total. The van der Waals surface area contributed by atoms with Crippen molar-refractivity contribution >= 4 is 22.0 Å². The molecule has 0 aliphatic rings. The molecule has 0 saturated carbocycles. The summed E-state index contributed by atoms with van der Waals surface area (Å²) in [6.45, 7) is 9.99. The molecule has 0 saturated heterocycles. The number of aliphatic hydroxyl groups is 2. The standard InChI is InChI=1S/C26H38FN3O5S/c1-17(2)23-22(13-12-20(31)16-21(32)14-15-35-26(3,4)5)24(18-8-10-19(27)11-9-18)29-25(28-23)30(6)36(7,33)34/h8-13,17,20-21,31-32H,14-16H2,1-7H3. The summed E-state index contributed by atoms with van der Waals surface area (Å²) in [4.78, 5) is 9.01. The highest BCUT2D eigenvalue weighted by Crippen LogP contribution is 2.31. The molecule has 2 unspecified atom stereocenters. The molecular weight excluding hydrogens is 485 g/mol. The van der Waals surface area contributed by atoms with Crippen LogP contribution < -0.4 is 4.31 Å². The Labute approximate surface area is 213 Å². The van der Waals surface area contributed by atoms with Crippen LogP contribution in [0.25, 0.3) is 17.3 Å². The molecule has 0 aliphatic carbocycles. The lowest BCUT2D eigenvalue weighted by Gasteiger charge is -2.21. The van der Waals surface area contributed by atoms with E-state index in [-0.39, 0.29) is 23.9 Å². The number of anilines is 1. The monoisotopic (exact) mass is 523 g/mol. The molecule has 200 valence electrons. The topological polar surface area (TPSA) is 113 Å². The van der Waals surface area contributed by atoms with Crippen molar-refractivity contribution in [2.75, 3.05) is 24.2 Å². The Kier molecular flexibility index (Phi) is 10.1. The van der Waals surface area contributed by atoms with Crippen molar-refractivity contribution in [1.82, 2.24) is 9.97 Å². The first-order valence-electron chi connectivity index (χ1n) is 11.9. The number of aliphatic hydroxyl groups excluding tert-OH is 2. The highest BCUT2D eigenvalue weighted by atomic mass is 32.2. The third-order valence-corrected chi connectivity index (χ3v) is 6.55. The van der Waals surface area contributed by atoms with E-state index in [1.165, 1.54) is 19.2 Å². The van der Waals surface area contributed by atoms with Gasteiger partial charge in [0.25, 0.3) is 0 Å². The molecule has 0 radical (unpaired) electrons. The predicted molar refractivity (Wildman–Crippen MR) is 141 cm³/mol. The fourth-order valence-corrected chi connectivity index (χ4v) is 3.76. The van der Waals surface area contributed by atoms with Crippen LogP contribution in [0, 0.1) is 5.82 Å². The Balaban J connectivity index is 2.44. The van der Waals surface area contributed by atoms with Gasteiger partial charge in [-0.2, -0.15) is 0 Å². The summed E-state index contributed by atoms with van der Waals surface area (Å²) in [6, 6.07) is 5.70. The third-order valence-electron chi connectivity index (χ3n) is 5.39. The van der Waals surface area contributed by atoms with Crippen LogP contribution in [0.15, 0.2) is 30.3 Å². The van der Waals surface area contributed by atoms with Crippen LogP contribution in [0.5, 0.6) is 0 Å². The number of rotatable bonds is 11. The number of halogens is 1. The Bertz CT molecular complexity index is 1150. The van der Waals surface area contributed by atoms with Gasteiger partial charge in [-0.15, -0.1) is 0 Å². The Morgan fingerprint density at radius 2 is 1.75 bits per heavy atom. The number of aromatic nitrogens is 2. The van der Waals surface area contributed by atoms with Crippen LogP contribution in [-0.2, 0) is 14.8 Å². The molecule has 2 rings (SSSR count). The van der Waals surface area contributed by atoms with Gasteiger partial charge in [0.15, 0.2) is 0 Å². The third kappa shape index (κ3) is 8.92. The molecule has 36 heavy (non-hydrogen) atoms. The maximum absolute atomic E-state index is 13.6. The van der Waals surface area contributed by atoms with E-state index >= 15 is 0 Å². The van der Waals surface area contributed by atoms with E-state index in [0.29, 0.717) is 35.5 Å². The number of sulfonamides is 1. The van der Waals surface area contributed by atoms with E-state index in [2.05, 4.69) is 9.97 Å². The summed E-state index contributed by atoms with van der Waals surface area (Å²) in [5.74, 6) is -0.536. The molecule has 2 atom stereocenters. The van der Waals surface area contributed by atoms with Gasteiger partial charge in [-0.05, 0) is 57.4 Å². The summed E-state index contributed by atoms with van der Waals surface area (Å²) in [5, 5.41) is 20.8. The maximum Gasteiger partial charge on any atom is 0.239 e. The molecule has 2 aromatic rings. The van der Waals surface area contributed by atoms with E-state index < -0.39 is 28.0 Å². The highest BCUT2D eigenvalue weighted by molar-refractivity contribution is 7.92. The van der Waals surface area contributed by atoms with Crippen molar-refractivity contribution in [1.29, 1.82) is 0 Å².